The molecule has 0 saturated carbocycles. The molecular formula is C18H29BrO7. The van der Waals surface area contributed by atoms with Crippen molar-refractivity contribution in [2.24, 2.45) is 10.8 Å². The Morgan fingerprint density at radius 3 is 1.77 bits per heavy atom. The van der Waals surface area contributed by atoms with E-state index in [0.717, 1.165) is 0 Å². The van der Waals surface area contributed by atoms with Gasteiger partial charge >= 0.3 is 17.9 Å². The van der Waals surface area contributed by atoms with Crippen molar-refractivity contribution in [3.05, 3.63) is 12.8 Å². The molecule has 0 aliphatic heterocycles. The fourth-order valence-electron chi connectivity index (χ4n) is 1.44. The molecule has 0 fully saturated rings. The van der Waals surface area contributed by atoms with Crippen LogP contribution in [0, 0.1) is 10.8 Å². The number of hydrogen-bond acceptors (Lipinski definition) is 7. The quantitative estimate of drug-likeness (QED) is 0.171. The molecule has 0 aromatic heterocycles. The Bertz CT molecular complexity index is 485. The highest BCUT2D eigenvalue weighted by Gasteiger charge is 2.40. The number of ether oxygens (including phenoxy) is 4. The molecule has 0 saturated heterocycles. The Hall–Kier alpha value is -1.57. The third-order valence-corrected chi connectivity index (χ3v) is 3.51. The molecule has 0 amide bonds. The highest BCUT2D eigenvalue weighted by Crippen LogP contribution is 2.25. The smallest absolute Gasteiger partial charge is 0.322 e. The molecule has 0 N–H and O–H groups in total. The Labute approximate surface area is 163 Å². The molecule has 0 radical (unpaired) electrons. The van der Waals surface area contributed by atoms with Gasteiger partial charge in [0.2, 0.25) is 0 Å². The minimum absolute atomic E-state index is 0.00839. The van der Waals surface area contributed by atoms with Crippen LogP contribution in [0.5, 0.6) is 0 Å². The lowest BCUT2D eigenvalue weighted by molar-refractivity contribution is -0.173. The molecule has 26 heavy (non-hydrogen) atoms. The molecule has 0 aromatic rings. The van der Waals surface area contributed by atoms with Crippen molar-refractivity contribution in [3.8, 4) is 0 Å². The second-order valence-corrected chi connectivity index (χ2v) is 9.59. The van der Waals surface area contributed by atoms with Gasteiger partial charge in [-0.25, -0.2) is 0 Å². The fraction of sp³-hybridized carbons (Fsp3) is 0.722. The minimum Gasteiger partial charge on any atom is -0.498 e. The van der Waals surface area contributed by atoms with Gasteiger partial charge in [0.1, 0.15) is 36.2 Å². The third kappa shape index (κ3) is 8.69. The second kappa shape index (κ2) is 9.94. The predicted octanol–water partition coefficient (Wildman–Crippen LogP) is 3.00. The van der Waals surface area contributed by atoms with E-state index in [2.05, 4.69) is 22.5 Å². The van der Waals surface area contributed by atoms with Crippen LogP contribution >= 0.6 is 15.9 Å². The number of hydrogen-bond donors (Lipinski definition) is 0. The molecule has 1 atom stereocenters. The normalized spacial score (nSPS) is 14.0. The molecule has 0 spiro atoms. The minimum atomic E-state index is -1.34. The molecule has 7 nitrogen and oxygen atoms in total. The Morgan fingerprint density at radius 1 is 0.846 bits per heavy atom. The van der Waals surface area contributed by atoms with Gasteiger partial charge in [0, 0.05) is 0 Å². The van der Waals surface area contributed by atoms with Gasteiger partial charge in [0.05, 0.1) is 11.7 Å². The van der Waals surface area contributed by atoms with Crippen molar-refractivity contribution in [2.75, 3.05) is 26.4 Å². The highest BCUT2D eigenvalue weighted by molar-refractivity contribution is 9.10. The molecular weight excluding hydrogens is 408 g/mol. The zero-order valence-electron chi connectivity index (χ0n) is 16.3. The highest BCUT2D eigenvalue weighted by atomic mass is 79.9. The summed E-state index contributed by atoms with van der Waals surface area (Å²) in [6.45, 7) is 12.8. The number of carbonyl (C=O) groups excluding carboxylic acids is 3. The van der Waals surface area contributed by atoms with Crippen LogP contribution in [0.4, 0.5) is 0 Å². The first kappa shape index (κ1) is 24.4. The van der Waals surface area contributed by atoms with Crippen molar-refractivity contribution >= 4 is 33.8 Å². The standard InChI is InChI=1S/C18H29BrO7/c1-8-23-9-10-24-15(22)18(7,11-25-13(20)16(2,3)4)12-26-14(21)17(5,6)19/h8H,1,9-12H2,2-7H3. The number of esters is 3. The van der Waals surface area contributed by atoms with E-state index in [4.69, 9.17) is 18.9 Å². The van der Waals surface area contributed by atoms with Gasteiger partial charge in [0.25, 0.3) is 0 Å². The van der Waals surface area contributed by atoms with Crippen LogP contribution in [-0.4, -0.2) is 48.7 Å². The first-order chi connectivity index (χ1) is 11.7. The summed E-state index contributed by atoms with van der Waals surface area (Å²) in [6, 6.07) is 0. The average molecular weight is 437 g/mol. The zero-order valence-corrected chi connectivity index (χ0v) is 17.9. The SMILES string of the molecule is C=COCCOC(=O)C(C)(COC(=O)C(C)(C)C)COC(=O)C(C)(C)Br. The van der Waals surface area contributed by atoms with Crippen LogP contribution in [-0.2, 0) is 33.3 Å². The van der Waals surface area contributed by atoms with E-state index in [-0.39, 0.29) is 26.4 Å². The Kier molecular flexibility index (Phi) is 9.34. The molecule has 0 aliphatic carbocycles. The average Bonchev–Trinajstić information content (AvgIpc) is 2.52. The van der Waals surface area contributed by atoms with Gasteiger partial charge in [-0.3, -0.25) is 14.4 Å². The van der Waals surface area contributed by atoms with E-state index in [0.29, 0.717) is 0 Å². The summed E-state index contributed by atoms with van der Waals surface area (Å²) in [5, 5.41) is 0. The lowest BCUT2D eigenvalue weighted by atomic mass is 9.92. The Morgan fingerprint density at radius 2 is 1.35 bits per heavy atom. The van der Waals surface area contributed by atoms with Gasteiger partial charge in [-0.15, -0.1) is 0 Å². The van der Waals surface area contributed by atoms with E-state index in [1.54, 1.807) is 34.6 Å². The molecule has 0 bridgehead atoms. The van der Waals surface area contributed by atoms with E-state index >= 15 is 0 Å². The maximum Gasteiger partial charge on any atom is 0.322 e. The summed E-state index contributed by atoms with van der Waals surface area (Å²) < 4.78 is 19.6. The van der Waals surface area contributed by atoms with Crippen LogP contribution in [0.15, 0.2) is 12.8 Å². The van der Waals surface area contributed by atoms with E-state index < -0.39 is 33.1 Å². The van der Waals surface area contributed by atoms with E-state index in [1.807, 2.05) is 0 Å². The maximum absolute atomic E-state index is 12.5. The third-order valence-electron chi connectivity index (χ3n) is 3.19. The number of rotatable bonds is 10. The summed E-state index contributed by atoms with van der Waals surface area (Å²) in [5.41, 5.74) is -2.07. The summed E-state index contributed by atoms with van der Waals surface area (Å²) in [6.07, 6.45) is 1.23. The van der Waals surface area contributed by atoms with Crippen LogP contribution in [0.2, 0.25) is 0 Å². The summed E-state index contributed by atoms with van der Waals surface area (Å²) in [7, 11) is 0. The van der Waals surface area contributed by atoms with Crippen molar-refractivity contribution in [1.82, 2.24) is 0 Å². The first-order valence-electron chi connectivity index (χ1n) is 8.17. The van der Waals surface area contributed by atoms with Gasteiger partial charge in [-0.1, -0.05) is 22.5 Å². The van der Waals surface area contributed by atoms with E-state index in [9.17, 15) is 14.4 Å². The summed E-state index contributed by atoms with van der Waals surface area (Å²) >= 11 is 3.19. The number of alkyl halides is 1. The van der Waals surface area contributed by atoms with Crippen molar-refractivity contribution in [1.29, 1.82) is 0 Å². The van der Waals surface area contributed by atoms with Crippen molar-refractivity contribution in [2.45, 2.75) is 45.9 Å². The Balaban J connectivity index is 5.05. The molecule has 1 unspecified atom stereocenters. The van der Waals surface area contributed by atoms with Gasteiger partial charge in [-0.2, -0.15) is 0 Å². The van der Waals surface area contributed by atoms with Crippen LogP contribution in [0.3, 0.4) is 0 Å². The van der Waals surface area contributed by atoms with Crippen LogP contribution < -0.4 is 0 Å². The molecule has 0 aliphatic rings. The lowest BCUT2D eigenvalue weighted by Gasteiger charge is -2.29. The summed E-state index contributed by atoms with van der Waals surface area (Å²) in [5.74, 6) is -1.68. The van der Waals surface area contributed by atoms with Gasteiger partial charge < -0.3 is 18.9 Å². The monoisotopic (exact) mass is 436 g/mol. The fourth-order valence-corrected chi connectivity index (χ4v) is 1.55. The zero-order chi connectivity index (χ0) is 20.6. The van der Waals surface area contributed by atoms with Gasteiger partial charge in [0.15, 0.2) is 0 Å². The molecule has 0 aromatic carbocycles. The first-order valence-corrected chi connectivity index (χ1v) is 8.96. The molecule has 0 rings (SSSR count). The maximum atomic E-state index is 12.5. The van der Waals surface area contributed by atoms with Crippen molar-refractivity contribution < 1.29 is 33.3 Å². The molecule has 150 valence electrons. The van der Waals surface area contributed by atoms with E-state index in [1.165, 1.54) is 13.2 Å². The van der Waals surface area contributed by atoms with Crippen molar-refractivity contribution in [3.63, 3.8) is 0 Å². The predicted molar refractivity (Wildman–Crippen MR) is 99.6 cm³/mol. The number of halogens is 1. The summed E-state index contributed by atoms with van der Waals surface area (Å²) in [4.78, 5) is 36.4. The van der Waals surface area contributed by atoms with Crippen LogP contribution in [0.1, 0.15) is 41.5 Å². The molecule has 8 heteroatoms. The van der Waals surface area contributed by atoms with Gasteiger partial charge in [-0.05, 0) is 41.5 Å². The second-order valence-electron chi connectivity index (χ2n) is 7.61. The lowest BCUT2D eigenvalue weighted by Crippen LogP contribution is -2.43. The molecule has 0 heterocycles. The topological polar surface area (TPSA) is 88.1 Å². The number of carbonyl (C=O) groups is 3. The largest absolute Gasteiger partial charge is 0.498 e. The van der Waals surface area contributed by atoms with Crippen LogP contribution in [0.25, 0.3) is 0 Å².